The smallest absolute Gasteiger partial charge is 0.406 e. The Labute approximate surface area is 174 Å². The number of nitrogens with zero attached hydrogens (tertiary/aromatic N) is 3. The monoisotopic (exact) mass is 423 g/mol. The lowest BCUT2D eigenvalue weighted by Crippen LogP contribution is -2.41. The van der Waals surface area contributed by atoms with Gasteiger partial charge in [0.15, 0.2) is 0 Å². The second-order valence-corrected chi connectivity index (χ2v) is 7.60. The highest BCUT2D eigenvalue weighted by Crippen LogP contribution is 2.27. The minimum atomic E-state index is -4.67. The van der Waals surface area contributed by atoms with Gasteiger partial charge < -0.3 is 20.3 Å². The maximum atomic E-state index is 12.4. The molecule has 0 spiro atoms. The van der Waals surface area contributed by atoms with E-state index in [4.69, 9.17) is 0 Å². The van der Waals surface area contributed by atoms with Crippen molar-refractivity contribution in [1.29, 1.82) is 0 Å². The minimum Gasteiger partial charge on any atom is -0.406 e. The summed E-state index contributed by atoms with van der Waals surface area (Å²) < 4.78 is 41.1. The van der Waals surface area contributed by atoms with Crippen LogP contribution in [0.4, 0.5) is 24.8 Å². The number of ether oxygens (including phenoxy) is 1. The van der Waals surface area contributed by atoms with E-state index in [1.54, 1.807) is 12.1 Å². The topological polar surface area (TPSA) is 62.3 Å². The molecular weight excluding hydrogens is 395 g/mol. The van der Waals surface area contributed by atoms with Crippen LogP contribution in [0, 0.1) is 6.92 Å². The fraction of sp³-hybridized carbons (Fsp3) is 0.524. The van der Waals surface area contributed by atoms with Gasteiger partial charge in [0.2, 0.25) is 0 Å². The molecule has 164 valence electrons. The zero-order chi connectivity index (χ0) is 21.7. The van der Waals surface area contributed by atoms with Gasteiger partial charge >= 0.3 is 6.36 Å². The molecule has 0 atom stereocenters. The molecule has 0 radical (unpaired) electrons. The Morgan fingerprint density at radius 2 is 1.87 bits per heavy atom. The number of hydrogen-bond acceptors (Lipinski definition) is 6. The van der Waals surface area contributed by atoms with Gasteiger partial charge in [0.1, 0.15) is 23.2 Å². The average molecular weight is 423 g/mol. The van der Waals surface area contributed by atoms with Gasteiger partial charge in [0.25, 0.3) is 0 Å². The maximum Gasteiger partial charge on any atom is 0.573 e. The third-order valence-corrected chi connectivity index (χ3v) is 5.41. The summed E-state index contributed by atoms with van der Waals surface area (Å²) in [6.45, 7) is 2.39. The number of halogens is 3. The van der Waals surface area contributed by atoms with Crippen LogP contribution in [0.2, 0.25) is 0 Å². The molecule has 2 aromatic rings. The van der Waals surface area contributed by atoms with Crippen molar-refractivity contribution in [3.63, 3.8) is 0 Å². The summed E-state index contributed by atoms with van der Waals surface area (Å²) in [5.74, 6) is 2.25. The second-order valence-electron chi connectivity index (χ2n) is 7.60. The zero-order valence-corrected chi connectivity index (χ0v) is 17.5. The van der Waals surface area contributed by atoms with Gasteiger partial charge in [-0.3, -0.25) is 0 Å². The summed E-state index contributed by atoms with van der Waals surface area (Å²) in [6, 6.07) is 8.79. The van der Waals surface area contributed by atoms with Crippen molar-refractivity contribution in [3.8, 4) is 5.75 Å². The van der Waals surface area contributed by atoms with Crippen molar-refractivity contribution >= 4 is 11.6 Å². The Hall–Kier alpha value is -2.55. The van der Waals surface area contributed by atoms with Gasteiger partial charge in [0, 0.05) is 38.8 Å². The third-order valence-electron chi connectivity index (χ3n) is 5.41. The van der Waals surface area contributed by atoms with Crippen molar-refractivity contribution < 1.29 is 17.9 Å². The molecule has 0 amide bonds. The molecule has 1 saturated carbocycles. The van der Waals surface area contributed by atoms with Crippen LogP contribution in [0.5, 0.6) is 5.75 Å². The highest BCUT2D eigenvalue weighted by molar-refractivity contribution is 5.49. The minimum absolute atomic E-state index is 0.187. The van der Waals surface area contributed by atoms with Crippen LogP contribution in [0.3, 0.4) is 0 Å². The van der Waals surface area contributed by atoms with Gasteiger partial charge in [-0.2, -0.15) is 0 Å². The molecule has 1 aliphatic rings. The molecule has 9 heteroatoms. The molecule has 1 aromatic carbocycles. The summed E-state index contributed by atoms with van der Waals surface area (Å²) in [6.07, 6.45) is -0.646. The fourth-order valence-corrected chi connectivity index (χ4v) is 3.83. The lowest BCUT2D eigenvalue weighted by molar-refractivity contribution is -0.274. The molecule has 6 nitrogen and oxygen atoms in total. The normalized spacial score (nSPS) is 19.4. The van der Waals surface area contributed by atoms with Crippen LogP contribution >= 0.6 is 0 Å². The van der Waals surface area contributed by atoms with E-state index in [-0.39, 0.29) is 5.75 Å². The number of alkyl halides is 3. The number of nitrogens with one attached hydrogen (secondary N) is 2. The van der Waals surface area contributed by atoms with Crippen LogP contribution in [0.15, 0.2) is 30.3 Å². The van der Waals surface area contributed by atoms with Crippen LogP contribution in [-0.4, -0.2) is 42.5 Å². The summed E-state index contributed by atoms with van der Waals surface area (Å²) in [5.41, 5.74) is 0.770. The number of hydrogen-bond donors (Lipinski definition) is 2. The molecule has 0 saturated heterocycles. The molecule has 3 rings (SSSR count). The predicted octanol–water partition coefficient (Wildman–Crippen LogP) is 4.26. The molecule has 1 aliphatic carbocycles. The van der Waals surface area contributed by atoms with Crippen LogP contribution in [0.25, 0.3) is 0 Å². The highest BCUT2D eigenvalue weighted by atomic mass is 19.4. The third kappa shape index (κ3) is 6.22. The molecular formula is C21H28F3N5O. The first-order chi connectivity index (χ1) is 14.2. The van der Waals surface area contributed by atoms with Crippen molar-refractivity contribution in [2.45, 2.75) is 57.6 Å². The summed E-state index contributed by atoms with van der Waals surface area (Å²) in [7, 11) is 3.90. The molecule has 0 bridgehead atoms. The van der Waals surface area contributed by atoms with E-state index >= 15 is 0 Å². The molecule has 1 heterocycles. The Balaban J connectivity index is 1.50. The average Bonchev–Trinajstić information content (AvgIpc) is 2.70. The standard InChI is InChI=1S/C21H28F3N5O/c1-14-27-19(25-2)12-20(28-14)29(3)17-9-7-16(8-10-17)26-13-15-5-4-6-18(11-15)30-21(22,23)24/h4-6,11-12,16-17,26H,7-10,13H2,1-3H3,(H,25,27,28). The fourth-order valence-electron chi connectivity index (χ4n) is 3.83. The van der Waals surface area contributed by atoms with Crippen molar-refractivity contribution in [2.75, 3.05) is 24.3 Å². The number of rotatable bonds is 7. The van der Waals surface area contributed by atoms with E-state index in [1.807, 2.05) is 20.0 Å². The zero-order valence-electron chi connectivity index (χ0n) is 17.5. The summed E-state index contributed by atoms with van der Waals surface area (Å²) >= 11 is 0. The number of anilines is 2. The molecule has 30 heavy (non-hydrogen) atoms. The first kappa shape index (κ1) is 22.1. The van der Waals surface area contributed by atoms with Crippen LogP contribution < -0.4 is 20.3 Å². The first-order valence-electron chi connectivity index (χ1n) is 10.1. The lowest BCUT2D eigenvalue weighted by Gasteiger charge is -2.36. The Morgan fingerprint density at radius 1 is 1.13 bits per heavy atom. The highest BCUT2D eigenvalue weighted by Gasteiger charge is 2.31. The molecule has 0 unspecified atom stereocenters. The first-order valence-corrected chi connectivity index (χ1v) is 10.1. The van der Waals surface area contributed by atoms with Gasteiger partial charge in [-0.1, -0.05) is 12.1 Å². The van der Waals surface area contributed by atoms with E-state index in [1.165, 1.54) is 12.1 Å². The second kappa shape index (κ2) is 9.51. The Morgan fingerprint density at radius 3 is 2.53 bits per heavy atom. The van der Waals surface area contributed by atoms with Gasteiger partial charge in [-0.05, 0) is 50.3 Å². The molecule has 1 fully saturated rings. The van der Waals surface area contributed by atoms with E-state index in [9.17, 15) is 13.2 Å². The van der Waals surface area contributed by atoms with Crippen molar-refractivity contribution in [2.24, 2.45) is 0 Å². The largest absolute Gasteiger partial charge is 0.573 e. The number of benzene rings is 1. The molecule has 0 aliphatic heterocycles. The van der Waals surface area contributed by atoms with Crippen molar-refractivity contribution in [3.05, 3.63) is 41.7 Å². The lowest BCUT2D eigenvalue weighted by atomic mass is 9.90. The van der Waals surface area contributed by atoms with E-state index in [2.05, 4.69) is 37.3 Å². The van der Waals surface area contributed by atoms with Gasteiger partial charge in [0.05, 0.1) is 0 Å². The summed E-state index contributed by atoms with van der Waals surface area (Å²) in [5, 5.41) is 6.53. The van der Waals surface area contributed by atoms with Crippen molar-refractivity contribution in [1.82, 2.24) is 15.3 Å². The van der Waals surface area contributed by atoms with Crippen LogP contribution in [-0.2, 0) is 6.54 Å². The van der Waals surface area contributed by atoms with E-state index in [0.717, 1.165) is 48.7 Å². The predicted molar refractivity (Wildman–Crippen MR) is 111 cm³/mol. The van der Waals surface area contributed by atoms with E-state index < -0.39 is 6.36 Å². The summed E-state index contributed by atoms with van der Waals surface area (Å²) in [4.78, 5) is 11.1. The Bertz CT molecular complexity index is 838. The van der Waals surface area contributed by atoms with E-state index in [0.29, 0.717) is 18.6 Å². The van der Waals surface area contributed by atoms with Gasteiger partial charge in [-0.25, -0.2) is 9.97 Å². The Kier molecular flexibility index (Phi) is 7.02. The number of aryl methyl sites for hydroxylation is 1. The van der Waals surface area contributed by atoms with Gasteiger partial charge in [-0.15, -0.1) is 13.2 Å². The molecule has 1 aromatic heterocycles. The molecule has 2 N–H and O–H groups in total. The number of aromatic nitrogens is 2. The quantitative estimate of drug-likeness (QED) is 0.694. The van der Waals surface area contributed by atoms with Crippen LogP contribution in [0.1, 0.15) is 37.1 Å². The maximum absolute atomic E-state index is 12.4. The SMILES string of the molecule is CNc1cc(N(C)C2CCC(NCc3cccc(OC(F)(F)F)c3)CC2)nc(C)n1.